The van der Waals surface area contributed by atoms with E-state index in [2.05, 4.69) is 5.10 Å². The van der Waals surface area contributed by atoms with Crippen LogP contribution in [0.2, 0.25) is 0 Å². The Morgan fingerprint density at radius 2 is 1.82 bits per heavy atom. The zero-order chi connectivity index (χ0) is 24.9. The summed E-state index contributed by atoms with van der Waals surface area (Å²) in [5, 5.41) is 5.97. The van der Waals surface area contributed by atoms with Gasteiger partial charge in [-0.2, -0.15) is 5.10 Å². The number of carbonyl (C=O) groups is 2. The fourth-order valence-electron chi connectivity index (χ4n) is 3.94. The lowest BCUT2D eigenvalue weighted by atomic mass is 9.91. The summed E-state index contributed by atoms with van der Waals surface area (Å²) >= 11 is 0. The molecule has 2 aromatic carbocycles. The van der Waals surface area contributed by atoms with Gasteiger partial charge >= 0.3 is 0 Å². The largest absolute Gasteiger partial charge is 0.383 e. The maximum Gasteiger partial charge on any atom is 0.262 e. The van der Waals surface area contributed by atoms with E-state index in [0.29, 0.717) is 37.3 Å². The quantitative estimate of drug-likeness (QED) is 0.564. The number of benzene rings is 2. The molecule has 0 radical (unpaired) electrons. The second-order valence-corrected chi connectivity index (χ2v) is 9.94. The van der Waals surface area contributed by atoms with Gasteiger partial charge in [0.05, 0.1) is 18.4 Å². The third-order valence-corrected chi connectivity index (χ3v) is 5.74. The number of hydrazone groups is 1. The molecular weight excluding hydrogens is 433 g/mol. The standard InChI is InChI=1S/C27H34FN3O3/c1-19-10-12-20(13-11-19)24-16-23(21-8-6-7-9-22(21)28)29-31(24)26(33)18-30(14-15-34-5)25(32)17-27(2,3)4/h6-13,24H,14-18H2,1-5H3/t24-/m1/s1. The summed E-state index contributed by atoms with van der Waals surface area (Å²) in [6, 6.07) is 14.0. The Morgan fingerprint density at radius 3 is 2.44 bits per heavy atom. The summed E-state index contributed by atoms with van der Waals surface area (Å²) in [6.45, 7) is 8.48. The van der Waals surface area contributed by atoms with Crippen LogP contribution in [-0.4, -0.2) is 54.2 Å². The van der Waals surface area contributed by atoms with E-state index in [1.165, 1.54) is 16.0 Å². The number of aryl methyl sites for hydroxylation is 1. The molecule has 2 aromatic rings. The van der Waals surface area contributed by atoms with E-state index in [1.807, 2.05) is 52.0 Å². The predicted molar refractivity (Wildman–Crippen MR) is 131 cm³/mol. The van der Waals surface area contributed by atoms with Crippen LogP contribution >= 0.6 is 0 Å². The van der Waals surface area contributed by atoms with E-state index in [4.69, 9.17) is 4.74 Å². The number of halogens is 1. The first-order chi connectivity index (χ1) is 16.1. The molecule has 34 heavy (non-hydrogen) atoms. The Labute approximate surface area is 201 Å². The van der Waals surface area contributed by atoms with Crippen molar-refractivity contribution in [2.45, 2.75) is 46.6 Å². The molecule has 0 saturated heterocycles. The topological polar surface area (TPSA) is 62.2 Å². The van der Waals surface area contributed by atoms with Gasteiger partial charge in [-0.05, 0) is 24.0 Å². The van der Waals surface area contributed by atoms with Gasteiger partial charge in [0.2, 0.25) is 5.91 Å². The first-order valence-electron chi connectivity index (χ1n) is 11.6. The number of ether oxygens (including phenoxy) is 1. The number of amides is 2. The van der Waals surface area contributed by atoms with Crippen molar-refractivity contribution in [3.05, 3.63) is 71.0 Å². The fourth-order valence-corrected chi connectivity index (χ4v) is 3.94. The van der Waals surface area contributed by atoms with E-state index >= 15 is 0 Å². The second kappa shape index (κ2) is 10.9. The van der Waals surface area contributed by atoms with Crippen LogP contribution in [0.15, 0.2) is 53.6 Å². The van der Waals surface area contributed by atoms with Crippen molar-refractivity contribution in [1.82, 2.24) is 9.91 Å². The van der Waals surface area contributed by atoms with Crippen LogP contribution in [-0.2, 0) is 14.3 Å². The number of hydrogen-bond donors (Lipinski definition) is 0. The van der Waals surface area contributed by atoms with Crippen molar-refractivity contribution in [2.24, 2.45) is 10.5 Å². The molecule has 0 saturated carbocycles. The van der Waals surface area contributed by atoms with Crippen molar-refractivity contribution < 1.29 is 18.7 Å². The van der Waals surface area contributed by atoms with Gasteiger partial charge in [-0.3, -0.25) is 9.59 Å². The van der Waals surface area contributed by atoms with Crippen LogP contribution in [0.25, 0.3) is 0 Å². The summed E-state index contributed by atoms with van der Waals surface area (Å²) < 4.78 is 19.7. The van der Waals surface area contributed by atoms with Crippen LogP contribution in [0.3, 0.4) is 0 Å². The van der Waals surface area contributed by atoms with E-state index in [0.717, 1.165) is 11.1 Å². The lowest BCUT2D eigenvalue weighted by molar-refractivity contribution is -0.143. The zero-order valence-electron chi connectivity index (χ0n) is 20.7. The normalized spacial score (nSPS) is 15.9. The van der Waals surface area contributed by atoms with Gasteiger partial charge in [0, 0.05) is 32.1 Å². The van der Waals surface area contributed by atoms with Gasteiger partial charge in [0.25, 0.3) is 5.91 Å². The molecule has 1 atom stereocenters. The number of carbonyl (C=O) groups excluding carboxylic acids is 2. The second-order valence-electron chi connectivity index (χ2n) is 9.94. The van der Waals surface area contributed by atoms with Crippen molar-refractivity contribution >= 4 is 17.5 Å². The van der Waals surface area contributed by atoms with Crippen LogP contribution in [0.5, 0.6) is 0 Å². The first-order valence-corrected chi connectivity index (χ1v) is 11.6. The number of nitrogens with zero attached hydrogens (tertiary/aromatic N) is 3. The van der Waals surface area contributed by atoms with Gasteiger partial charge in [0.15, 0.2) is 0 Å². The molecule has 0 unspecified atom stereocenters. The molecule has 1 aliphatic heterocycles. The molecule has 0 N–H and O–H groups in total. The highest BCUT2D eigenvalue weighted by molar-refractivity contribution is 6.03. The molecule has 1 heterocycles. The molecule has 3 rings (SSSR count). The lowest BCUT2D eigenvalue weighted by Crippen LogP contribution is -2.43. The average molecular weight is 468 g/mol. The molecule has 182 valence electrons. The third-order valence-electron chi connectivity index (χ3n) is 5.74. The molecule has 0 spiro atoms. The van der Waals surface area contributed by atoms with Crippen LogP contribution < -0.4 is 0 Å². The number of hydrogen-bond acceptors (Lipinski definition) is 4. The van der Waals surface area contributed by atoms with Gasteiger partial charge < -0.3 is 9.64 Å². The molecule has 7 heteroatoms. The van der Waals surface area contributed by atoms with Crippen molar-refractivity contribution in [3.63, 3.8) is 0 Å². The zero-order valence-corrected chi connectivity index (χ0v) is 20.7. The van der Waals surface area contributed by atoms with Crippen molar-refractivity contribution in [3.8, 4) is 0 Å². The summed E-state index contributed by atoms with van der Waals surface area (Å²) in [4.78, 5) is 28.0. The minimum atomic E-state index is -0.375. The van der Waals surface area contributed by atoms with E-state index < -0.39 is 0 Å². The monoisotopic (exact) mass is 467 g/mol. The average Bonchev–Trinajstić information content (AvgIpc) is 3.21. The van der Waals surface area contributed by atoms with Crippen molar-refractivity contribution in [1.29, 1.82) is 0 Å². The fraction of sp³-hybridized carbons (Fsp3) is 0.444. The summed E-state index contributed by atoms with van der Waals surface area (Å²) in [6.07, 6.45) is 0.707. The molecule has 0 aliphatic carbocycles. The minimum Gasteiger partial charge on any atom is -0.383 e. The minimum absolute atomic E-state index is 0.109. The molecule has 6 nitrogen and oxygen atoms in total. The van der Waals surface area contributed by atoms with E-state index in [9.17, 15) is 14.0 Å². The lowest BCUT2D eigenvalue weighted by Gasteiger charge is -2.29. The van der Waals surface area contributed by atoms with Gasteiger partial charge in [-0.25, -0.2) is 9.40 Å². The molecule has 2 amide bonds. The Bertz CT molecular complexity index is 1040. The molecule has 0 fully saturated rings. The molecular formula is C27H34FN3O3. The molecule has 0 aromatic heterocycles. The van der Waals surface area contributed by atoms with Gasteiger partial charge in [0.1, 0.15) is 12.4 Å². The first kappa shape index (κ1) is 25.6. The van der Waals surface area contributed by atoms with Crippen LogP contribution in [0, 0.1) is 18.2 Å². The van der Waals surface area contributed by atoms with Gasteiger partial charge in [-0.15, -0.1) is 0 Å². The number of methoxy groups -OCH3 is 1. The smallest absolute Gasteiger partial charge is 0.262 e. The highest BCUT2D eigenvalue weighted by atomic mass is 19.1. The Kier molecular flexibility index (Phi) is 8.20. The SMILES string of the molecule is COCCN(CC(=O)N1N=C(c2ccccc2F)C[C@@H]1c1ccc(C)cc1)C(=O)CC(C)(C)C. The van der Waals surface area contributed by atoms with E-state index in [-0.39, 0.29) is 35.6 Å². The van der Waals surface area contributed by atoms with Crippen molar-refractivity contribution in [2.75, 3.05) is 26.8 Å². The highest BCUT2D eigenvalue weighted by Crippen LogP contribution is 2.33. The van der Waals surface area contributed by atoms with Crippen LogP contribution in [0.4, 0.5) is 4.39 Å². The summed E-state index contributed by atoms with van der Waals surface area (Å²) in [5.74, 6) is -0.794. The highest BCUT2D eigenvalue weighted by Gasteiger charge is 2.35. The van der Waals surface area contributed by atoms with Crippen LogP contribution in [0.1, 0.15) is 56.3 Å². The van der Waals surface area contributed by atoms with Gasteiger partial charge in [-0.1, -0.05) is 68.8 Å². The Morgan fingerprint density at radius 1 is 1.15 bits per heavy atom. The van der Waals surface area contributed by atoms with E-state index in [1.54, 1.807) is 25.3 Å². The maximum absolute atomic E-state index is 14.5. The summed E-state index contributed by atoms with van der Waals surface area (Å²) in [5.41, 5.74) is 2.71. The summed E-state index contributed by atoms with van der Waals surface area (Å²) in [7, 11) is 1.56. The third kappa shape index (κ3) is 6.50. The Hall–Kier alpha value is -3.06. The maximum atomic E-state index is 14.5. The predicted octanol–water partition coefficient (Wildman–Crippen LogP) is 4.72. The number of rotatable bonds is 8. The Balaban J connectivity index is 1.90. The molecule has 0 bridgehead atoms. The molecule has 1 aliphatic rings.